The van der Waals surface area contributed by atoms with Crippen molar-refractivity contribution in [2.75, 3.05) is 13.7 Å². The summed E-state index contributed by atoms with van der Waals surface area (Å²) in [5.74, 6) is 0. The summed E-state index contributed by atoms with van der Waals surface area (Å²) in [5, 5.41) is 47.5. The smallest absolute Gasteiger partial charge is 0.180 e. The van der Waals surface area contributed by atoms with Gasteiger partial charge in [-0.3, -0.25) is 4.90 Å². The van der Waals surface area contributed by atoms with Crippen molar-refractivity contribution in [1.29, 1.82) is 0 Å². The molecule has 0 saturated carbocycles. The lowest BCUT2D eigenvalue weighted by atomic mass is 9.97. The van der Waals surface area contributed by atoms with E-state index >= 15 is 0 Å². The fourth-order valence-corrected chi connectivity index (χ4v) is 3.13. The summed E-state index contributed by atoms with van der Waals surface area (Å²) in [4.78, 5) is 2.06. The van der Waals surface area contributed by atoms with E-state index in [9.17, 15) is 15.3 Å². The van der Waals surface area contributed by atoms with Crippen molar-refractivity contribution < 1.29 is 25.2 Å². The second-order valence-electron chi connectivity index (χ2n) is 6.57. The van der Waals surface area contributed by atoms with E-state index < -0.39 is 37.3 Å². The normalized spacial score (nSPS) is 29.2. The SMILES string of the molecule is CN(Cc1ccccc1)Cc1cn([C@H]2C(O)O[C@H](CO)[C@@H](O)[C@@H]2O)nn1. The molecule has 0 spiro atoms. The molecule has 3 rings (SSSR count). The Morgan fingerprint density at radius 3 is 2.54 bits per heavy atom. The lowest BCUT2D eigenvalue weighted by molar-refractivity contribution is -0.265. The zero-order chi connectivity index (χ0) is 18.7. The highest BCUT2D eigenvalue weighted by atomic mass is 16.6. The van der Waals surface area contributed by atoms with Crippen LogP contribution in [0.2, 0.25) is 0 Å². The Kier molecular flexibility index (Phi) is 5.97. The minimum Gasteiger partial charge on any atom is -0.394 e. The number of aliphatic hydroxyl groups excluding tert-OH is 4. The third-order valence-electron chi connectivity index (χ3n) is 4.46. The highest BCUT2D eigenvalue weighted by Gasteiger charge is 2.45. The average molecular weight is 364 g/mol. The van der Waals surface area contributed by atoms with Gasteiger partial charge in [-0.25, -0.2) is 4.68 Å². The fraction of sp³-hybridized carbons (Fsp3) is 0.529. The van der Waals surface area contributed by atoms with Gasteiger partial charge in [0.05, 0.1) is 18.5 Å². The molecule has 4 N–H and O–H groups in total. The molecule has 1 aromatic carbocycles. The van der Waals surface area contributed by atoms with Crippen LogP contribution in [0.5, 0.6) is 0 Å². The number of aromatic nitrogens is 3. The molecular formula is C17H24N4O5. The number of hydrogen-bond acceptors (Lipinski definition) is 8. The van der Waals surface area contributed by atoms with Crippen molar-refractivity contribution in [3.8, 4) is 0 Å². The van der Waals surface area contributed by atoms with E-state index in [1.165, 1.54) is 10.2 Å². The number of aliphatic hydroxyl groups is 4. The van der Waals surface area contributed by atoms with Crippen LogP contribution in [0.3, 0.4) is 0 Å². The zero-order valence-electron chi connectivity index (χ0n) is 14.5. The van der Waals surface area contributed by atoms with Gasteiger partial charge >= 0.3 is 0 Å². The number of benzene rings is 1. The van der Waals surface area contributed by atoms with Crippen LogP contribution in [0.1, 0.15) is 17.3 Å². The molecule has 26 heavy (non-hydrogen) atoms. The maximum atomic E-state index is 10.2. The molecule has 2 heterocycles. The van der Waals surface area contributed by atoms with Crippen molar-refractivity contribution in [2.24, 2.45) is 0 Å². The molecule has 1 fully saturated rings. The van der Waals surface area contributed by atoms with Crippen LogP contribution in [-0.4, -0.2) is 78.6 Å². The van der Waals surface area contributed by atoms with Crippen molar-refractivity contribution in [1.82, 2.24) is 19.9 Å². The zero-order valence-corrected chi connectivity index (χ0v) is 14.5. The summed E-state index contributed by atoms with van der Waals surface area (Å²) in [7, 11) is 1.95. The summed E-state index contributed by atoms with van der Waals surface area (Å²) < 4.78 is 6.44. The van der Waals surface area contributed by atoms with Crippen LogP contribution in [-0.2, 0) is 17.8 Å². The molecule has 0 aliphatic carbocycles. The third-order valence-corrected chi connectivity index (χ3v) is 4.46. The topological polar surface area (TPSA) is 124 Å². The van der Waals surface area contributed by atoms with Gasteiger partial charge in [-0.15, -0.1) is 5.10 Å². The molecule has 1 aliphatic heterocycles. The molecule has 0 amide bonds. The maximum absolute atomic E-state index is 10.2. The number of rotatable bonds is 6. The van der Waals surface area contributed by atoms with Crippen LogP contribution in [0.4, 0.5) is 0 Å². The van der Waals surface area contributed by atoms with Crippen molar-refractivity contribution in [2.45, 2.75) is 43.7 Å². The summed E-state index contributed by atoms with van der Waals surface area (Å²) >= 11 is 0. The summed E-state index contributed by atoms with van der Waals surface area (Å²) in [6, 6.07) is 9.00. The van der Waals surface area contributed by atoms with E-state index in [1.54, 1.807) is 6.20 Å². The maximum Gasteiger partial charge on any atom is 0.180 e. The fourth-order valence-electron chi connectivity index (χ4n) is 3.13. The molecule has 142 valence electrons. The van der Waals surface area contributed by atoms with Gasteiger partial charge in [0.15, 0.2) is 6.29 Å². The van der Waals surface area contributed by atoms with Gasteiger partial charge in [0, 0.05) is 13.1 Å². The van der Waals surface area contributed by atoms with Crippen molar-refractivity contribution in [3.05, 3.63) is 47.8 Å². The first-order chi connectivity index (χ1) is 12.5. The molecule has 9 nitrogen and oxygen atoms in total. The number of hydrogen-bond donors (Lipinski definition) is 4. The molecular weight excluding hydrogens is 340 g/mol. The second-order valence-corrected chi connectivity index (χ2v) is 6.57. The second kappa shape index (κ2) is 8.21. The minimum atomic E-state index is -1.41. The predicted octanol–water partition coefficient (Wildman–Crippen LogP) is -1.12. The quantitative estimate of drug-likeness (QED) is 0.508. The van der Waals surface area contributed by atoms with Crippen LogP contribution in [0.25, 0.3) is 0 Å². The van der Waals surface area contributed by atoms with Crippen molar-refractivity contribution >= 4 is 0 Å². The van der Waals surface area contributed by atoms with E-state index in [4.69, 9.17) is 9.84 Å². The molecule has 5 atom stereocenters. The molecule has 1 saturated heterocycles. The molecule has 2 aromatic rings. The van der Waals surface area contributed by atoms with Gasteiger partial charge in [0.2, 0.25) is 0 Å². The first kappa shape index (κ1) is 18.9. The molecule has 0 radical (unpaired) electrons. The predicted molar refractivity (Wildman–Crippen MR) is 90.7 cm³/mol. The Hall–Kier alpha value is -1.88. The van der Waals surface area contributed by atoms with E-state index in [0.29, 0.717) is 12.2 Å². The van der Waals surface area contributed by atoms with Gasteiger partial charge < -0.3 is 25.2 Å². The minimum absolute atomic E-state index is 0.505. The number of ether oxygens (including phenoxy) is 1. The van der Waals surface area contributed by atoms with Crippen molar-refractivity contribution in [3.63, 3.8) is 0 Å². The van der Waals surface area contributed by atoms with Gasteiger partial charge in [-0.1, -0.05) is 35.5 Å². The van der Waals surface area contributed by atoms with Gasteiger partial charge in [-0.05, 0) is 12.6 Å². The first-order valence-corrected chi connectivity index (χ1v) is 8.43. The summed E-state index contributed by atoms with van der Waals surface area (Å²) in [6.07, 6.45) is -3.53. The monoisotopic (exact) mass is 364 g/mol. The Balaban J connectivity index is 1.65. The molecule has 1 aromatic heterocycles. The third kappa shape index (κ3) is 4.09. The average Bonchev–Trinajstić information content (AvgIpc) is 3.06. The molecule has 1 unspecified atom stereocenters. The molecule has 0 bridgehead atoms. The lowest BCUT2D eigenvalue weighted by Gasteiger charge is -2.39. The van der Waals surface area contributed by atoms with Gasteiger partial charge in [0.25, 0.3) is 0 Å². The summed E-state index contributed by atoms with van der Waals surface area (Å²) in [6.45, 7) is 0.758. The number of nitrogens with zero attached hydrogens (tertiary/aromatic N) is 4. The van der Waals surface area contributed by atoms with Gasteiger partial charge in [0.1, 0.15) is 24.4 Å². The Morgan fingerprint density at radius 2 is 1.85 bits per heavy atom. The molecule has 9 heteroatoms. The highest BCUT2D eigenvalue weighted by Crippen LogP contribution is 2.28. The van der Waals surface area contributed by atoms with Crippen LogP contribution in [0, 0.1) is 0 Å². The van der Waals surface area contributed by atoms with Crippen LogP contribution >= 0.6 is 0 Å². The van der Waals surface area contributed by atoms with E-state index in [0.717, 1.165) is 6.54 Å². The first-order valence-electron chi connectivity index (χ1n) is 8.43. The largest absolute Gasteiger partial charge is 0.394 e. The van der Waals surface area contributed by atoms with E-state index in [-0.39, 0.29) is 0 Å². The standard InChI is InChI=1S/C17H24N4O5/c1-20(7-11-5-3-2-4-6-11)8-12-9-21(19-18-12)14-16(24)15(23)13(10-22)26-17(14)25/h2-6,9,13-17,22-25H,7-8,10H2,1H3/t13-,14-,15-,16-,17?/m1/s1. The van der Waals surface area contributed by atoms with E-state index in [2.05, 4.69) is 15.2 Å². The molecule has 1 aliphatic rings. The Bertz CT molecular complexity index is 697. The summed E-state index contributed by atoms with van der Waals surface area (Å²) in [5.41, 5.74) is 1.83. The van der Waals surface area contributed by atoms with E-state index in [1.807, 2.05) is 37.4 Å². The van der Waals surface area contributed by atoms with Crippen LogP contribution < -0.4 is 0 Å². The lowest BCUT2D eigenvalue weighted by Crippen LogP contribution is -2.56. The Morgan fingerprint density at radius 1 is 1.12 bits per heavy atom. The Labute approximate surface area is 151 Å². The van der Waals surface area contributed by atoms with Crippen LogP contribution in [0.15, 0.2) is 36.5 Å². The highest BCUT2D eigenvalue weighted by molar-refractivity contribution is 5.14. The van der Waals surface area contributed by atoms with Gasteiger partial charge in [-0.2, -0.15) is 0 Å².